The van der Waals surface area contributed by atoms with Crippen molar-refractivity contribution >= 4 is 33.3 Å². The van der Waals surface area contributed by atoms with Crippen LogP contribution in [-0.2, 0) is 19.4 Å². The van der Waals surface area contributed by atoms with Gasteiger partial charge in [0.1, 0.15) is 9.84 Å². The Labute approximate surface area is 134 Å². The summed E-state index contributed by atoms with van der Waals surface area (Å²) in [5.41, 5.74) is 0.628. The van der Waals surface area contributed by atoms with E-state index in [0.29, 0.717) is 10.6 Å². The highest BCUT2D eigenvalue weighted by atomic mass is 35.5. The van der Waals surface area contributed by atoms with Crippen molar-refractivity contribution in [2.45, 2.75) is 25.3 Å². The Hall–Kier alpha value is -1.60. The maximum Gasteiger partial charge on any atom is 0.305 e. The van der Waals surface area contributed by atoms with Crippen molar-refractivity contribution in [2.24, 2.45) is 0 Å². The molecule has 1 rings (SSSR count). The molecule has 22 heavy (non-hydrogen) atoms. The van der Waals surface area contributed by atoms with Crippen molar-refractivity contribution in [3.63, 3.8) is 0 Å². The third kappa shape index (κ3) is 7.42. The first-order valence-corrected chi connectivity index (χ1v) is 9.05. The molecule has 0 aromatic heterocycles. The van der Waals surface area contributed by atoms with Crippen LogP contribution in [0.15, 0.2) is 24.3 Å². The molecule has 1 aromatic carbocycles. The van der Waals surface area contributed by atoms with Crippen LogP contribution in [0, 0.1) is 0 Å². The number of carboxylic acids is 1. The smallest absolute Gasteiger partial charge is 0.305 e. The number of rotatable bonds is 8. The number of halogens is 1. The fraction of sp³-hybridized carbons (Fsp3) is 0.429. The summed E-state index contributed by atoms with van der Waals surface area (Å²) in [6.45, 7) is 0. The zero-order chi connectivity index (χ0) is 16.8. The highest BCUT2D eigenvalue weighted by Crippen LogP contribution is 2.19. The molecule has 0 radical (unpaired) electrons. The lowest BCUT2D eigenvalue weighted by atomic mass is 10.0. The minimum absolute atomic E-state index is 0.0246. The van der Waals surface area contributed by atoms with Crippen molar-refractivity contribution in [2.75, 3.05) is 12.0 Å². The third-order valence-corrected chi connectivity index (χ3v) is 4.19. The molecule has 0 aliphatic carbocycles. The summed E-state index contributed by atoms with van der Waals surface area (Å²) in [5.74, 6) is -1.51. The van der Waals surface area contributed by atoms with Gasteiger partial charge in [0.2, 0.25) is 5.91 Å². The van der Waals surface area contributed by atoms with E-state index in [2.05, 4.69) is 5.32 Å². The predicted octanol–water partition coefficient (Wildman–Crippen LogP) is 1.80. The van der Waals surface area contributed by atoms with Gasteiger partial charge in [-0.15, -0.1) is 0 Å². The molecule has 0 fully saturated rings. The lowest BCUT2D eigenvalue weighted by Gasteiger charge is -2.17. The standard InChI is InChI=1S/C14H18ClNO5S/c1-22(20,21)8-2-3-13(17)16-12(9-14(18)19)10-4-6-11(15)7-5-10/h4-7,12H,2-3,8-9H2,1H3,(H,16,17)(H,18,19)/t12-/m0/s1. The highest BCUT2D eigenvalue weighted by molar-refractivity contribution is 7.90. The Morgan fingerprint density at radius 1 is 1.27 bits per heavy atom. The van der Waals surface area contributed by atoms with Crippen LogP contribution in [0.4, 0.5) is 0 Å². The molecular weight excluding hydrogens is 330 g/mol. The Kier molecular flexibility index (Phi) is 6.83. The van der Waals surface area contributed by atoms with Gasteiger partial charge in [0.05, 0.1) is 18.2 Å². The summed E-state index contributed by atoms with van der Waals surface area (Å²) >= 11 is 5.78. The Bertz CT molecular complexity index is 627. The summed E-state index contributed by atoms with van der Waals surface area (Å²) < 4.78 is 22.0. The van der Waals surface area contributed by atoms with Crippen LogP contribution in [0.5, 0.6) is 0 Å². The number of aliphatic carboxylic acids is 1. The molecule has 0 unspecified atom stereocenters. The van der Waals surface area contributed by atoms with Crippen molar-refractivity contribution in [1.29, 1.82) is 0 Å². The van der Waals surface area contributed by atoms with Crippen LogP contribution < -0.4 is 5.32 Å². The van der Waals surface area contributed by atoms with Crippen LogP contribution in [0.1, 0.15) is 30.9 Å². The first-order chi connectivity index (χ1) is 10.2. The molecule has 122 valence electrons. The number of amides is 1. The first-order valence-electron chi connectivity index (χ1n) is 6.62. The molecule has 0 aliphatic heterocycles. The van der Waals surface area contributed by atoms with E-state index in [9.17, 15) is 18.0 Å². The highest BCUT2D eigenvalue weighted by Gasteiger charge is 2.18. The van der Waals surface area contributed by atoms with Gasteiger partial charge in [-0.3, -0.25) is 9.59 Å². The van der Waals surface area contributed by atoms with E-state index >= 15 is 0 Å². The fourth-order valence-electron chi connectivity index (χ4n) is 1.88. The molecule has 0 saturated heterocycles. The molecule has 6 nitrogen and oxygen atoms in total. The SMILES string of the molecule is CS(=O)(=O)CCCC(=O)N[C@@H](CC(=O)O)c1ccc(Cl)cc1. The molecule has 0 aliphatic rings. The normalized spacial score (nSPS) is 12.6. The van der Waals surface area contributed by atoms with E-state index in [0.717, 1.165) is 6.26 Å². The number of sulfone groups is 1. The molecule has 1 atom stereocenters. The molecule has 1 aromatic rings. The van der Waals surface area contributed by atoms with Crippen molar-refractivity contribution in [3.8, 4) is 0 Å². The van der Waals surface area contributed by atoms with E-state index in [-0.39, 0.29) is 30.9 Å². The number of carboxylic acid groups (broad SMARTS) is 1. The van der Waals surface area contributed by atoms with Crippen LogP contribution in [0.25, 0.3) is 0 Å². The average Bonchev–Trinajstić information content (AvgIpc) is 2.36. The second kappa shape index (κ2) is 8.14. The van der Waals surface area contributed by atoms with Crippen molar-refractivity contribution < 1.29 is 23.1 Å². The Balaban J connectivity index is 2.67. The summed E-state index contributed by atoms with van der Waals surface area (Å²) in [7, 11) is -3.11. The number of benzene rings is 1. The first kappa shape index (κ1) is 18.4. The molecule has 8 heteroatoms. The number of hydrogen-bond donors (Lipinski definition) is 2. The monoisotopic (exact) mass is 347 g/mol. The lowest BCUT2D eigenvalue weighted by molar-refractivity contribution is -0.137. The number of carbonyl (C=O) groups excluding carboxylic acids is 1. The summed E-state index contributed by atoms with van der Waals surface area (Å²) in [6.07, 6.45) is 1.06. The Morgan fingerprint density at radius 2 is 1.86 bits per heavy atom. The maximum absolute atomic E-state index is 11.8. The molecule has 1 amide bonds. The topological polar surface area (TPSA) is 101 Å². The van der Waals surface area contributed by atoms with E-state index in [1.54, 1.807) is 24.3 Å². The Morgan fingerprint density at radius 3 is 2.36 bits per heavy atom. The molecular formula is C14H18ClNO5S. The van der Waals surface area contributed by atoms with Crippen molar-refractivity contribution in [3.05, 3.63) is 34.9 Å². The van der Waals surface area contributed by atoms with Gasteiger partial charge in [-0.05, 0) is 24.1 Å². The van der Waals surface area contributed by atoms with E-state index in [1.807, 2.05) is 0 Å². The van der Waals surface area contributed by atoms with Gasteiger partial charge in [-0.1, -0.05) is 23.7 Å². The van der Waals surface area contributed by atoms with E-state index in [1.165, 1.54) is 0 Å². The molecule has 0 bridgehead atoms. The minimum Gasteiger partial charge on any atom is -0.481 e. The molecule has 0 saturated carbocycles. The van der Waals surface area contributed by atoms with Crippen molar-refractivity contribution in [1.82, 2.24) is 5.32 Å². The minimum atomic E-state index is -3.11. The number of nitrogens with one attached hydrogen (secondary N) is 1. The van der Waals surface area contributed by atoms with Gasteiger partial charge in [-0.25, -0.2) is 8.42 Å². The number of carbonyl (C=O) groups is 2. The van der Waals surface area contributed by atoms with Gasteiger partial charge in [-0.2, -0.15) is 0 Å². The third-order valence-electron chi connectivity index (χ3n) is 2.91. The van der Waals surface area contributed by atoms with Crippen LogP contribution in [0.3, 0.4) is 0 Å². The largest absolute Gasteiger partial charge is 0.481 e. The quantitative estimate of drug-likeness (QED) is 0.746. The van der Waals surface area contributed by atoms with Crippen LogP contribution in [0.2, 0.25) is 5.02 Å². The summed E-state index contributed by atoms with van der Waals surface area (Å²) in [4.78, 5) is 22.8. The molecule has 2 N–H and O–H groups in total. The van der Waals surface area contributed by atoms with Gasteiger partial charge < -0.3 is 10.4 Å². The van der Waals surface area contributed by atoms with E-state index in [4.69, 9.17) is 16.7 Å². The summed E-state index contributed by atoms with van der Waals surface area (Å²) in [6, 6.07) is 5.84. The zero-order valence-electron chi connectivity index (χ0n) is 12.1. The second-order valence-electron chi connectivity index (χ2n) is 5.00. The van der Waals surface area contributed by atoms with E-state index < -0.39 is 21.8 Å². The van der Waals surface area contributed by atoms with Crippen LogP contribution in [-0.4, -0.2) is 37.4 Å². The van der Waals surface area contributed by atoms with Gasteiger partial charge in [0.15, 0.2) is 0 Å². The lowest BCUT2D eigenvalue weighted by Crippen LogP contribution is -2.30. The van der Waals surface area contributed by atoms with Gasteiger partial charge in [0, 0.05) is 17.7 Å². The average molecular weight is 348 g/mol. The molecule has 0 heterocycles. The second-order valence-corrected chi connectivity index (χ2v) is 7.70. The number of hydrogen-bond acceptors (Lipinski definition) is 4. The fourth-order valence-corrected chi connectivity index (χ4v) is 2.68. The molecule has 0 spiro atoms. The van der Waals surface area contributed by atoms with Gasteiger partial charge in [0.25, 0.3) is 0 Å². The predicted molar refractivity (Wildman–Crippen MR) is 83.5 cm³/mol. The zero-order valence-corrected chi connectivity index (χ0v) is 13.7. The summed E-state index contributed by atoms with van der Waals surface area (Å²) in [5, 5.41) is 12.1. The maximum atomic E-state index is 11.8. The van der Waals surface area contributed by atoms with Crippen LogP contribution >= 0.6 is 11.6 Å². The van der Waals surface area contributed by atoms with Gasteiger partial charge >= 0.3 is 5.97 Å².